The van der Waals surface area contributed by atoms with Crippen LogP contribution in [0, 0.1) is 10.1 Å². The minimum atomic E-state index is -0.744. The molecular formula is C12H12N2O5. The molecule has 1 aromatic rings. The van der Waals surface area contributed by atoms with Crippen molar-refractivity contribution in [3.05, 3.63) is 33.9 Å². The maximum absolute atomic E-state index is 11.2. The van der Waals surface area contributed by atoms with E-state index in [-0.39, 0.29) is 12.5 Å². The summed E-state index contributed by atoms with van der Waals surface area (Å²) in [5.41, 5.74) is 1.48. The second kappa shape index (κ2) is 5.47. The zero-order valence-electron chi connectivity index (χ0n) is 10.0. The summed E-state index contributed by atoms with van der Waals surface area (Å²) in [6, 6.07) is 5.12. The quantitative estimate of drug-likeness (QED) is 0.626. The highest BCUT2D eigenvalue weighted by molar-refractivity contribution is 5.94. The van der Waals surface area contributed by atoms with Crippen molar-refractivity contribution in [3.8, 4) is 5.75 Å². The van der Waals surface area contributed by atoms with E-state index in [0.29, 0.717) is 24.3 Å². The van der Waals surface area contributed by atoms with Gasteiger partial charge in [-0.2, -0.15) is 0 Å². The van der Waals surface area contributed by atoms with Gasteiger partial charge in [0, 0.05) is 22.6 Å². The number of ketones is 1. The Morgan fingerprint density at radius 2 is 2.21 bits per heavy atom. The van der Waals surface area contributed by atoms with Gasteiger partial charge < -0.3 is 10.1 Å². The molecule has 1 aromatic carbocycles. The van der Waals surface area contributed by atoms with Crippen LogP contribution in [0.1, 0.15) is 12.0 Å². The molecular weight excluding hydrogens is 252 g/mol. The number of carbonyl (C=O) groups excluding carboxylic acids is 2. The van der Waals surface area contributed by atoms with Gasteiger partial charge in [-0.25, -0.2) is 0 Å². The third-order valence-electron chi connectivity index (χ3n) is 2.70. The number of fused-ring (bicyclic) bond motifs is 1. The Kier molecular flexibility index (Phi) is 3.74. The number of nitro groups is 1. The SMILES string of the molecule is O=C(COc1cccc2c1CCC(=O)N2)C[N+](=O)[O-]. The van der Waals surface area contributed by atoms with Gasteiger partial charge in [-0.1, -0.05) is 6.07 Å². The zero-order chi connectivity index (χ0) is 13.8. The molecule has 19 heavy (non-hydrogen) atoms. The Hall–Kier alpha value is -2.44. The lowest BCUT2D eigenvalue weighted by atomic mass is 10.0. The van der Waals surface area contributed by atoms with Crippen molar-refractivity contribution in [2.24, 2.45) is 0 Å². The van der Waals surface area contributed by atoms with Gasteiger partial charge in [-0.3, -0.25) is 19.7 Å². The first kappa shape index (κ1) is 13.0. The Morgan fingerprint density at radius 3 is 2.95 bits per heavy atom. The van der Waals surface area contributed by atoms with E-state index >= 15 is 0 Å². The third-order valence-corrected chi connectivity index (χ3v) is 2.70. The highest BCUT2D eigenvalue weighted by atomic mass is 16.6. The molecule has 2 rings (SSSR count). The van der Waals surface area contributed by atoms with Crippen molar-refractivity contribution in [1.29, 1.82) is 0 Å². The molecule has 0 saturated heterocycles. The van der Waals surface area contributed by atoms with Gasteiger partial charge in [-0.15, -0.1) is 0 Å². The molecule has 1 amide bonds. The Bertz CT molecular complexity index is 541. The lowest BCUT2D eigenvalue weighted by molar-refractivity contribution is -0.467. The average molecular weight is 264 g/mol. The molecule has 0 bridgehead atoms. The molecule has 0 aliphatic carbocycles. The minimum Gasteiger partial charge on any atom is -0.485 e. The summed E-state index contributed by atoms with van der Waals surface area (Å²) in [5, 5.41) is 12.9. The van der Waals surface area contributed by atoms with Crippen LogP contribution in [0.2, 0.25) is 0 Å². The predicted molar refractivity (Wildman–Crippen MR) is 65.8 cm³/mol. The van der Waals surface area contributed by atoms with E-state index in [2.05, 4.69) is 5.32 Å². The normalized spacial score (nSPS) is 13.4. The summed E-state index contributed by atoms with van der Waals surface area (Å²) in [4.78, 5) is 31.9. The average Bonchev–Trinajstić information content (AvgIpc) is 2.35. The van der Waals surface area contributed by atoms with E-state index in [4.69, 9.17) is 4.74 Å². The Labute approximate surface area is 108 Å². The summed E-state index contributed by atoms with van der Waals surface area (Å²) in [6.07, 6.45) is 0.886. The molecule has 1 heterocycles. The van der Waals surface area contributed by atoms with Crippen LogP contribution in [-0.4, -0.2) is 29.8 Å². The van der Waals surface area contributed by atoms with Crippen molar-refractivity contribution < 1.29 is 19.2 Å². The van der Waals surface area contributed by atoms with E-state index in [9.17, 15) is 19.7 Å². The van der Waals surface area contributed by atoms with Crippen LogP contribution in [0.25, 0.3) is 0 Å². The van der Waals surface area contributed by atoms with Crippen LogP contribution in [0.5, 0.6) is 5.75 Å². The summed E-state index contributed by atoms with van der Waals surface area (Å²) in [7, 11) is 0. The molecule has 0 atom stereocenters. The van der Waals surface area contributed by atoms with Crippen molar-refractivity contribution >= 4 is 17.4 Å². The maximum Gasteiger partial charge on any atom is 0.264 e. The van der Waals surface area contributed by atoms with Gasteiger partial charge in [0.05, 0.1) is 0 Å². The lowest BCUT2D eigenvalue weighted by Gasteiger charge is -2.19. The number of anilines is 1. The first-order chi connectivity index (χ1) is 9.06. The fourth-order valence-corrected chi connectivity index (χ4v) is 1.87. The number of nitrogens with one attached hydrogen (secondary N) is 1. The molecule has 7 nitrogen and oxygen atoms in total. The van der Waals surface area contributed by atoms with Gasteiger partial charge >= 0.3 is 0 Å². The van der Waals surface area contributed by atoms with E-state index < -0.39 is 17.3 Å². The second-order valence-corrected chi connectivity index (χ2v) is 4.15. The number of nitrogens with zero attached hydrogens (tertiary/aromatic N) is 1. The van der Waals surface area contributed by atoms with Crippen molar-refractivity contribution in [2.45, 2.75) is 12.8 Å². The molecule has 1 aliphatic rings. The lowest BCUT2D eigenvalue weighted by Crippen LogP contribution is -2.22. The fraction of sp³-hybridized carbons (Fsp3) is 0.333. The van der Waals surface area contributed by atoms with E-state index in [1.165, 1.54) is 0 Å². The molecule has 0 saturated carbocycles. The van der Waals surface area contributed by atoms with Gasteiger partial charge in [-0.05, 0) is 18.6 Å². The number of amides is 1. The monoisotopic (exact) mass is 264 g/mol. The van der Waals surface area contributed by atoms with Gasteiger partial charge in [0.15, 0.2) is 6.61 Å². The molecule has 1 N–H and O–H groups in total. The molecule has 0 spiro atoms. The standard InChI is InChI=1S/C12H12N2O5/c15-8(6-14(17)18)7-19-11-3-1-2-10-9(11)4-5-12(16)13-10/h1-3H,4-7H2,(H,13,16). The predicted octanol–water partition coefficient (Wildman–Crippen LogP) is 0.796. The van der Waals surface area contributed by atoms with Gasteiger partial charge in [0.1, 0.15) is 5.75 Å². The van der Waals surface area contributed by atoms with E-state index in [1.54, 1.807) is 18.2 Å². The number of carbonyl (C=O) groups is 2. The Balaban J connectivity index is 2.05. The number of benzene rings is 1. The molecule has 7 heteroatoms. The van der Waals surface area contributed by atoms with Crippen molar-refractivity contribution in [3.63, 3.8) is 0 Å². The first-order valence-electron chi connectivity index (χ1n) is 5.74. The third kappa shape index (κ3) is 3.27. The topological polar surface area (TPSA) is 98.5 Å². The zero-order valence-corrected chi connectivity index (χ0v) is 10.0. The summed E-state index contributed by atoms with van der Waals surface area (Å²) in [5.74, 6) is -0.175. The van der Waals surface area contributed by atoms with Crippen LogP contribution in [0.15, 0.2) is 18.2 Å². The van der Waals surface area contributed by atoms with Crippen LogP contribution in [0.4, 0.5) is 5.69 Å². The number of Topliss-reactive ketones (excluding diaryl/α,β-unsaturated/α-hetero) is 1. The fourth-order valence-electron chi connectivity index (χ4n) is 1.87. The van der Waals surface area contributed by atoms with E-state index in [1.807, 2.05) is 0 Å². The van der Waals surface area contributed by atoms with Crippen molar-refractivity contribution in [1.82, 2.24) is 0 Å². The number of hydrogen-bond acceptors (Lipinski definition) is 5. The van der Waals surface area contributed by atoms with Gasteiger partial charge in [0.2, 0.25) is 11.7 Å². The highest BCUT2D eigenvalue weighted by Gasteiger charge is 2.19. The molecule has 100 valence electrons. The number of ether oxygens (including phenoxy) is 1. The van der Waals surface area contributed by atoms with E-state index in [0.717, 1.165) is 5.56 Å². The van der Waals surface area contributed by atoms with Crippen LogP contribution >= 0.6 is 0 Å². The van der Waals surface area contributed by atoms with Crippen LogP contribution in [-0.2, 0) is 16.0 Å². The van der Waals surface area contributed by atoms with Crippen LogP contribution < -0.4 is 10.1 Å². The summed E-state index contributed by atoms with van der Waals surface area (Å²) >= 11 is 0. The Morgan fingerprint density at radius 1 is 1.42 bits per heavy atom. The largest absolute Gasteiger partial charge is 0.485 e. The van der Waals surface area contributed by atoms with Gasteiger partial charge in [0.25, 0.3) is 6.54 Å². The molecule has 0 radical (unpaired) electrons. The second-order valence-electron chi connectivity index (χ2n) is 4.15. The maximum atomic E-state index is 11.2. The summed E-state index contributed by atoms with van der Waals surface area (Å²) < 4.78 is 5.30. The number of hydrogen-bond donors (Lipinski definition) is 1. The molecule has 0 unspecified atom stereocenters. The van der Waals surface area contributed by atoms with Crippen LogP contribution in [0.3, 0.4) is 0 Å². The molecule has 0 fully saturated rings. The minimum absolute atomic E-state index is 0.0610. The molecule has 1 aliphatic heterocycles. The molecule has 0 aromatic heterocycles. The number of rotatable bonds is 5. The highest BCUT2D eigenvalue weighted by Crippen LogP contribution is 2.30. The van der Waals surface area contributed by atoms with Crippen molar-refractivity contribution in [2.75, 3.05) is 18.5 Å². The summed E-state index contributed by atoms with van der Waals surface area (Å²) in [6.45, 7) is -1.09. The first-order valence-corrected chi connectivity index (χ1v) is 5.74. The smallest absolute Gasteiger partial charge is 0.264 e.